The van der Waals surface area contributed by atoms with Crippen molar-refractivity contribution in [1.29, 1.82) is 0 Å². The number of aliphatic hydroxyl groups excluding tert-OH is 1. The summed E-state index contributed by atoms with van der Waals surface area (Å²) in [4.78, 5) is 25.0. The Morgan fingerprint density at radius 1 is 1.42 bits per heavy atom. The lowest BCUT2D eigenvalue weighted by atomic mass is 10.0. The number of hydrogen-bond acceptors (Lipinski definition) is 4. The van der Waals surface area contributed by atoms with Crippen molar-refractivity contribution >= 4 is 17.5 Å². The van der Waals surface area contributed by atoms with Crippen molar-refractivity contribution in [3.8, 4) is 0 Å². The minimum atomic E-state index is -0.594. The fourth-order valence-corrected chi connectivity index (χ4v) is 2.26. The number of anilines is 1. The van der Waals surface area contributed by atoms with E-state index in [-0.39, 0.29) is 18.4 Å². The molecule has 5 nitrogen and oxygen atoms in total. The number of benzene rings is 1. The van der Waals surface area contributed by atoms with Crippen LogP contribution >= 0.6 is 0 Å². The Balaban J connectivity index is 2.40. The van der Waals surface area contributed by atoms with Crippen LogP contribution in [0.4, 0.5) is 5.69 Å². The molecule has 1 aliphatic heterocycles. The summed E-state index contributed by atoms with van der Waals surface area (Å²) in [5.74, 6) is -0.624. The molecule has 2 N–H and O–H groups in total. The molecule has 1 aliphatic rings. The molecule has 19 heavy (non-hydrogen) atoms. The van der Waals surface area contributed by atoms with Crippen LogP contribution in [-0.4, -0.2) is 29.5 Å². The van der Waals surface area contributed by atoms with Crippen molar-refractivity contribution in [2.24, 2.45) is 0 Å². The molecule has 1 fully saturated rings. The van der Waals surface area contributed by atoms with Gasteiger partial charge in [-0.15, -0.1) is 0 Å². The Morgan fingerprint density at radius 3 is 2.79 bits per heavy atom. The lowest BCUT2D eigenvalue weighted by Crippen LogP contribution is -2.57. The number of nitrogens with one attached hydrogen (secondary N) is 1. The molecule has 5 heteroatoms. The highest BCUT2D eigenvalue weighted by atomic mass is 16.3. The SMILES string of the molecule is CC[C@H](O)c1ccccc1N1CC(=O)NC(=O)C1C. The second-order valence-electron chi connectivity index (χ2n) is 4.70. The highest BCUT2D eigenvalue weighted by molar-refractivity contribution is 6.04. The van der Waals surface area contributed by atoms with Crippen molar-refractivity contribution in [3.63, 3.8) is 0 Å². The van der Waals surface area contributed by atoms with Gasteiger partial charge < -0.3 is 10.0 Å². The molecule has 102 valence electrons. The largest absolute Gasteiger partial charge is 0.388 e. The van der Waals surface area contributed by atoms with Crippen molar-refractivity contribution < 1.29 is 14.7 Å². The molecule has 2 atom stereocenters. The second kappa shape index (κ2) is 5.40. The molecule has 2 amide bonds. The standard InChI is InChI=1S/C14H18N2O3/c1-3-12(17)10-6-4-5-7-11(10)16-8-13(18)15-14(19)9(16)2/h4-7,9,12,17H,3,8H2,1-2H3,(H,15,18,19)/t9?,12-/m0/s1. The van der Waals surface area contributed by atoms with E-state index in [2.05, 4.69) is 5.32 Å². The lowest BCUT2D eigenvalue weighted by molar-refractivity contribution is -0.132. The Labute approximate surface area is 112 Å². The number of aliphatic hydroxyl groups is 1. The number of rotatable bonds is 3. The van der Waals surface area contributed by atoms with Gasteiger partial charge in [-0.1, -0.05) is 25.1 Å². The van der Waals surface area contributed by atoms with Gasteiger partial charge in [0.1, 0.15) is 6.04 Å². The molecule has 1 aromatic carbocycles. The number of imide groups is 1. The summed E-state index contributed by atoms with van der Waals surface area (Å²) >= 11 is 0. The van der Waals surface area contributed by atoms with E-state index in [1.54, 1.807) is 11.8 Å². The molecular formula is C14H18N2O3. The van der Waals surface area contributed by atoms with E-state index in [9.17, 15) is 14.7 Å². The smallest absolute Gasteiger partial charge is 0.249 e. The van der Waals surface area contributed by atoms with E-state index < -0.39 is 12.1 Å². The Kier molecular flexibility index (Phi) is 3.85. The maximum atomic E-state index is 11.7. The van der Waals surface area contributed by atoms with Crippen LogP contribution in [0, 0.1) is 0 Å². The van der Waals surface area contributed by atoms with Crippen molar-refractivity contribution in [2.75, 3.05) is 11.4 Å². The first-order valence-corrected chi connectivity index (χ1v) is 6.42. The summed E-state index contributed by atoms with van der Waals surface area (Å²) in [6, 6.07) is 6.91. The van der Waals surface area contributed by atoms with E-state index in [0.29, 0.717) is 6.42 Å². The second-order valence-corrected chi connectivity index (χ2v) is 4.70. The minimum Gasteiger partial charge on any atom is -0.388 e. The van der Waals surface area contributed by atoms with Crippen LogP contribution in [0.5, 0.6) is 0 Å². The first kappa shape index (κ1) is 13.5. The van der Waals surface area contributed by atoms with Crippen LogP contribution in [0.3, 0.4) is 0 Å². The summed E-state index contributed by atoms with van der Waals surface area (Å²) < 4.78 is 0. The zero-order valence-electron chi connectivity index (χ0n) is 11.1. The van der Waals surface area contributed by atoms with Crippen molar-refractivity contribution in [3.05, 3.63) is 29.8 Å². The summed E-state index contributed by atoms with van der Waals surface area (Å²) in [6.45, 7) is 3.76. The number of nitrogens with zero attached hydrogens (tertiary/aromatic N) is 1. The fourth-order valence-electron chi connectivity index (χ4n) is 2.26. The molecule has 1 unspecified atom stereocenters. The molecule has 0 saturated carbocycles. The van der Waals surface area contributed by atoms with Crippen LogP contribution in [0.15, 0.2) is 24.3 Å². The van der Waals surface area contributed by atoms with Crippen LogP contribution < -0.4 is 10.2 Å². The first-order valence-electron chi connectivity index (χ1n) is 6.42. The van der Waals surface area contributed by atoms with Gasteiger partial charge in [0.05, 0.1) is 12.6 Å². The molecule has 0 bridgehead atoms. The van der Waals surface area contributed by atoms with E-state index in [0.717, 1.165) is 11.3 Å². The van der Waals surface area contributed by atoms with Crippen LogP contribution in [-0.2, 0) is 9.59 Å². The van der Waals surface area contributed by atoms with Gasteiger partial charge in [-0.05, 0) is 19.4 Å². The average molecular weight is 262 g/mol. The highest BCUT2D eigenvalue weighted by Crippen LogP contribution is 2.30. The number of amides is 2. The van der Waals surface area contributed by atoms with Gasteiger partial charge in [-0.3, -0.25) is 14.9 Å². The third-order valence-electron chi connectivity index (χ3n) is 3.42. The third kappa shape index (κ3) is 2.61. The quantitative estimate of drug-likeness (QED) is 0.797. The molecule has 0 aliphatic carbocycles. The molecule has 1 saturated heterocycles. The minimum absolute atomic E-state index is 0.125. The van der Waals surface area contributed by atoms with Crippen LogP contribution in [0.1, 0.15) is 31.9 Å². The molecular weight excluding hydrogens is 244 g/mol. The van der Waals surface area contributed by atoms with Crippen molar-refractivity contribution in [2.45, 2.75) is 32.4 Å². The molecule has 2 rings (SSSR count). The Bertz CT molecular complexity index is 501. The number of piperazine rings is 1. The maximum absolute atomic E-state index is 11.7. The summed E-state index contributed by atoms with van der Waals surface area (Å²) in [5.41, 5.74) is 1.49. The van der Waals surface area contributed by atoms with E-state index in [4.69, 9.17) is 0 Å². The predicted molar refractivity (Wildman–Crippen MR) is 71.7 cm³/mol. The number of para-hydroxylation sites is 1. The van der Waals surface area contributed by atoms with Gasteiger partial charge in [-0.25, -0.2) is 0 Å². The van der Waals surface area contributed by atoms with Gasteiger partial charge in [0.2, 0.25) is 11.8 Å². The average Bonchev–Trinajstić information content (AvgIpc) is 2.42. The molecule has 0 radical (unpaired) electrons. The number of carbonyl (C=O) groups is 2. The predicted octanol–water partition coefficient (Wildman–Crippen LogP) is 0.981. The summed E-state index contributed by atoms with van der Waals surface area (Å²) in [7, 11) is 0. The number of hydrogen-bond donors (Lipinski definition) is 2. The fraction of sp³-hybridized carbons (Fsp3) is 0.429. The van der Waals surface area contributed by atoms with Gasteiger partial charge in [-0.2, -0.15) is 0 Å². The van der Waals surface area contributed by atoms with E-state index in [1.165, 1.54) is 0 Å². The normalized spacial score (nSPS) is 21.2. The van der Waals surface area contributed by atoms with Crippen LogP contribution in [0.25, 0.3) is 0 Å². The van der Waals surface area contributed by atoms with Gasteiger partial charge >= 0.3 is 0 Å². The maximum Gasteiger partial charge on any atom is 0.249 e. The Morgan fingerprint density at radius 2 is 2.11 bits per heavy atom. The highest BCUT2D eigenvalue weighted by Gasteiger charge is 2.31. The summed E-state index contributed by atoms with van der Waals surface area (Å²) in [5, 5.41) is 12.4. The van der Waals surface area contributed by atoms with Gasteiger partial charge in [0, 0.05) is 11.3 Å². The molecule has 1 heterocycles. The molecule has 0 aromatic heterocycles. The first-order chi connectivity index (χ1) is 9.04. The topological polar surface area (TPSA) is 69.6 Å². The molecule has 1 aromatic rings. The number of carbonyl (C=O) groups excluding carboxylic acids is 2. The molecule has 0 spiro atoms. The van der Waals surface area contributed by atoms with E-state index in [1.807, 2.05) is 31.2 Å². The van der Waals surface area contributed by atoms with Crippen LogP contribution in [0.2, 0.25) is 0 Å². The Hall–Kier alpha value is -1.88. The van der Waals surface area contributed by atoms with Crippen molar-refractivity contribution in [1.82, 2.24) is 5.32 Å². The van der Waals surface area contributed by atoms with E-state index >= 15 is 0 Å². The zero-order valence-corrected chi connectivity index (χ0v) is 11.1. The third-order valence-corrected chi connectivity index (χ3v) is 3.42. The summed E-state index contributed by atoms with van der Waals surface area (Å²) in [6.07, 6.45) is -0.0113. The monoisotopic (exact) mass is 262 g/mol. The lowest BCUT2D eigenvalue weighted by Gasteiger charge is -2.35. The zero-order chi connectivity index (χ0) is 14.0. The van der Waals surface area contributed by atoms with Gasteiger partial charge in [0.15, 0.2) is 0 Å². The van der Waals surface area contributed by atoms with Gasteiger partial charge in [0.25, 0.3) is 0 Å².